The van der Waals surface area contributed by atoms with Crippen LogP contribution < -0.4 is 0 Å². The van der Waals surface area contributed by atoms with Gasteiger partial charge in [-0.15, -0.1) is 0 Å². The van der Waals surface area contributed by atoms with Gasteiger partial charge in [0, 0.05) is 0 Å². The minimum Gasteiger partial charge on any atom is -0.333 e. The summed E-state index contributed by atoms with van der Waals surface area (Å²) in [5.41, 5.74) is 0.684. The molecule has 0 saturated heterocycles. The Hall–Kier alpha value is -1.06. The summed E-state index contributed by atoms with van der Waals surface area (Å²) in [5, 5.41) is 4.09. The van der Waals surface area contributed by atoms with Gasteiger partial charge in [0.1, 0.15) is 0 Å². The van der Waals surface area contributed by atoms with Crippen LogP contribution in [-0.2, 0) is 0 Å². The van der Waals surface area contributed by atoms with Crippen molar-refractivity contribution in [3.8, 4) is 11.5 Å². The zero-order valence-electron chi connectivity index (χ0n) is 6.37. The summed E-state index contributed by atoms with van der Waals surface area (Å²) in [5.74, 6) is 0.329. The summed E-state index contributed by atoms with van der Waals surface area (Å²) in [6, 6.07) is 7.18. The summed E-state index contributed by atoms with van der Waals surface area (Å²) in [4.78, 5) is 3.84. The quantitative estimate of drug-likeness (QED) is 0.733. The van der Waals surface area contributed by atoms with Gasteiger partial charge in [-0.25, -0.2) is 0 Å². The molecule has 5 heteroatoms. The molecule has 0 aliphatic rings. The molecule has 0 aliphatic carbocycles. The molecule has 2 rings (SSSR count). The normalized spacial score (nSPS) is 10.3. The van der Waals surface area contributed by atoms with Crippen molar-refractivity contribution in [1.82, 2.24) is 10.1 Å². The first-order valence-corrected chi connectivity index (χ1v) is 4.27. The second-order valence-corrected chi connectivity index (χ2v) is 3.09. The highest BCUT2D eigenvalue weighted by molar-refractivity contribution is 6.33. The Bertz CT molecular complexity index is 428. The average molecular weight is 215 g/mol. The maximum Gasteiger partial charge on any atom is 0.264 e. The highest BCUT2D eigenvalue weighted by atomic mass is 35.5. The molecule has 0 radical (unpaired) electrons. The van der Waals surface area contributed by atoms with E-state index in [1.807, 2.05) is 12.1 Å². The van der Waals surface area contributed by atoms with Crippen molar-refractivity contribution in [2.75, 3.05) is 0 Å². The lowest BCUT2D eigenvalue weighted by Gasteiger charge is -1.95. The molecule has 0 fully saturated rings. The van der Waals surface area contributed by atoms with Crippen LogP contribution in [0.5, 0.6) is 0 Å². The monoisotopic (exact) mass is 214 g/mol. The van der Waals surface area contributed by atoms with E-state index in [1.165, 1.54) is 0 Å². The van der Waals surface area contributed by atoms with Gasteiger partial charge in [-0.05, 0) is 28.9 Å². The Labute approximate surface area is 84.3 Å². The molecule has 0 N–H and O–H groups in total. The number of aromatic nitrogens is 2. The van der Waals surface area contributed by atoms with Crippen molar-refractivity contribution in [3.63, 3.8) is 0 Å². The summed E-state index contributed by atoms with van der Waals surface area (Å²) in [6.45, 7) is 0. The summed E-state index contributed by atoms with van der Waals surface area (Å²) in [6.07, 6.45) is 0. The second-order valence-electron chi connectivity index (χ2n) is 2.35. The second kappa shape index (κ2) is 3.36. The maximum atomic E-state index is 5.90. The van der Waals surface area contributed by atoms with Crippen LogP contribution in [-0.4, -0.2) is 10.1 Å². The van der Waals surface area contributed by atoms with Gasteiger partial charge < -0.3 is 4.52 Å². The van der Waals surface area contributed by atoms with Crippen molar-refractivity contribution < 1.29 is 4.52 Å². The third-order valence-corrected chi connectivity index (χ3v) is 1.99. The lowest BCUT2D eigenvalue weighted by Crippen LogP contribution is -1.77. The maximum absolute atomic E-state index is 5.90. The van der Waals surface area contributed by atoms with Crippen LogP contribution in [0.15, 0.2) is 28.8 Å². The predicted molar refractivity (Wildman–Crippen MR) is 49.8 cm³/mol. The molecule has 2 aromatic rings. The van der Waals surface area contributed by atoms with E-state index in [9.17, 15) is 0 Å². The first kappa shape index (κ1) is 8.53. The number of halogens is 2. The van der Waals surface area contributed by atoms with Crippen molar-refractivity contribution in [3.05, 3.63) is 34.6 Å². The van der Waals surface area contributed by atoms with Crippen molar-refractivity contribution >= 4 is 23.2 Å². The first-order valence-electron chi connectivity index (χ1n) is 3.51. The number of benzene rings is 1. The predicted octanol–water partition coefficient (Wildman–Crippen LogP) is 3.04. The largest absolute Gasteiger partial charge is 0.333 e. The fourth-order valence-electron chi connectivity index (χ4n) is 0.950. The van der Waals surface area contributed by atoms with Crippen LogP contribution in [0.4, 0.5) is 0 Å². The molecule has 0 bridgehead atoms. The van der Waals surface area contributed by atoms with Crippen LogP contribution in [0.1, 0.15) is 0 Å². The van der Waals surface area contributed by atoms with E-state index in [4.69, 9.17) is 27.7 Å². The van der Waals surface area contributed by atoms with E-state index in [1.54, 1.807) is 12.1 Å². The molecule has 1 heterocycles. The number of rotatable bonds is 1. The standard InChI is InChI=1S/C8H4Cl2N2O/c9-6-4-2-1-3-5(6)7-11-8(10)12-13-7/h1-4H. The lowest BCUT2D eigenvalue weighted by atomic mass is 10.2. The molecule has 0 amide bonds. The number of hydrogen-bond donors (Lipinski definition) is 0. The number of hydrogen-bond acceptors (Lipinski definition) is 3. The van der Waals surface area contributed by atoms with E-state index in [0.717, 1.165) is 0 Å². The molecular formula is C8H4Cl2N2O. The highest BCUT2D eigenvalue weighted by Crippen LogP contribution is 2.26. The molecule has 13 heavy (non-hydrogen) atoms. The molecule has 1 aromatic heterocycles. The van der Waals surface area contributed by atoms with Gasteiger partial charge in [-0.1, -0.05) is 23.7 Å². The van der Waals surface area contributed by atoms with Crippen LogP contribution in [0.2, 0.25) is 10.3 Å². The van der Waals surface area contributed by atoms with Gasteiger partial charge >= 0.3 is 0 Å². The average Bonchev–Trinajstić information content (AvgIpc) is 2.53. The van der Waals surface area contributed by atoms with Gasteiger partial charge in [-0.2, -0.15) is 4.98 Å². The Morgan fingerprint density at radius 1 is 1.15 bits per heavy atom. The molecule has 0 spiro atoms. The molecule has 66 valence electrons. The topological polar surface area (TPSA) is 38.9 Å². The van der Waals surface area contributed by atoms with Gasteiger partial charge in [0.2, 0.25) is 0 Å². The van der Waals surface area contributed by atoms with E-state index in [0.29, 0.717) is 16.5 Å². The fraction of sp³-hybridized carbons (Fsp3) is 0. The molecule has 0 saturated carbocycles. The van der Waals surface area contributed by atoms with Gasteiger partial charge in [-0.3, -0.25) is 0 Å². The minimum absolute atomic E-state index is 0.0786. The van der Waals surface area contributed by atoms with E-state index < -0.39 is 0 Å². The van der Waals surface area contributed by atoms with E-state index in [2.05, 4.69) is 10.1 Å². The van der Waals surface area contributed by atoms with Crippen LogP contribution in [0.25, 0.3) is 11.5 Å². The molecule has 3 nitrogen and oxygen atoms in total. The third-order valence-electron chi connectivity index (χ3n) is 1.51. The van der Waals surface area contributed by atoms with Gasteiger partial charge in [0.05, 0.1) is 10.6 Å². The van der Waals surface area contributed by atoms with Gasteiger partial charge in [0.25, 0.3) is 11.2 Å². The molecule has 0 aliphatic heterocycles. The van der Waals surface area contributed by atoms with Crippen molar-refractivity contribution in [2.24, 2.45) is 0 Å². The minimum atomic E-state index is 0.0786. The summed E-state index contributed by atoms with van der Waals surface area (Å²) < 4.78 is 4.85. The molecule has 1 aromatic carbocycles. The molecule has 0 atom stereocenters. The van der Waals surface area contributed by atoms with Gasteiger partial charge in [0.15, 0.2) is 0 Å². The summed E-state index contributed by atoms with van der Waals surface area (Å²) in [7, 11) is 0. The van der Waals surface area contributed by atoms with Crippen molar-refractivity contribution in [2.45, 2.75) is 0 Å². The third kappa shape index (κ3) is 1.66. The summed E-state index contributed by atoms with van der Waals surface area (Å²) >= 11 is 11.4. The smallest absolute Gasteiger partial charge is 0.264 e. The molecular weight excluding hydrogens is 211 g/mol. The zero-order chi connectivity index (χ0) is 9.26. The van der Waals surface area contributed by atoms with Crippen LogP contribution in [0.3, 0.4) is 0 Å². The van der Waals surface area contributed by atoms with Crippen molar-refractivity contribution in [1.29, 1.82) is 0 Å². The lowest BCUT2D eigenvalue weighted by molar-refractivity contribution is 0.430. The highest BCUT2D eigenvalue weighted by Gasteiger charge is 2.09. The van der Waals surface area contributed by atoms with Crippen LogP contribution >= 0.6 is 23.2 Å². The Balaban J connectivity index is 2.52. The Morgan fingerprint density at radius 2 is 1.92 bits per heavy atom. The van der Waals surface area contributed by atoms with Crippen LogP contribution in [0, 0.1) is 0 Å². The SMILES string of the molecule is Clc1noc(-c2ccccc2Cl)n1. The Morgan fingerprint density at radius 3 is 2.54 bits per heavy atom. The number of nitrogens with zero attached hydrogens (tertiary/aromatic N) is 2. The Kier molecular flexibility index (Phi) is 2.20. The first-order chi connectivity index (χ1) is 6.27. The zero-order valence-corrected chi connectivity index (χ0v) is 7.88. The van der Waals surface area contributed by atoms with E-state index in [-0.39, 0.29) is 5.28 Å². The van der Waals surface area contributed by atoms with E-state index >= 15 is 0 Å². The fourth-order valence-corrected chi connectivity index (χ4v) is 1.28. The molecule has 0 unspecified atom stereocenters.